The van der Waals surface area contributed by atoms with E-state index in [0.717, 1.165) is 0 Å². The van der Waals surface area contributed by atoms with Crippen molar-refractivity contribution in [3.05, 3.63) is 46.6 Å². The van der Waals surface area contributed by atoms with Gasteiger partial charge >= 0.3 is 5.97 Å². The number of carboxylic acid groups (broad SMARTS) is 1. The highest BCUT2D eigenvalue weighted by Crippen LogP contribution is 2.15. The average molecular weight is 347 g/mol. The molecule has 1 heterocycles. The molecule has 8 nitrogen and oxygen atoms in total. The number of aromatic nitrogens is 2. The van der Waals surface area contributed by atoms with E-state index >= 15 is 0 Å². The summed E-state index contributed by atoms with van der Waals surface area (Å²) < 4.78 is 10.5. The Bertz CT molecular complexity index is 771. The van der Waals surface area contributed by atoms with Gasteiger partial charge in [0.05, 0.1) is 12.1 Å². The highest BCUT2D eigenvalue weighted by atomic mass is 16.5. The van der Waals surface area contributed by atoms with E-state index in [0.29, 0.717) is 23.6 Å². The zero-order chi connectivity index (χ0) is 18.6. The lowest BCUT2D eigenvalue weighted by Crippen LogP contribution is -2.26. The highest BCUT2D eigenvalue weighted by molar-refractivity contribution is 5.97. The fourth-order valence-electron chi connectivity index (χ4n) is 2.35. The standard InChI is InChI=1S/C17H21N3O5/c1-5-24-11(3)15-18-14(25-19-15)9-20(4)16(21)12-6-10(2)7-13(8-12)17(22)23/h6-8,11H,5,9H2,1-4H3,(H,22,23). The molecule has 1 unspecified atom stereocenters. The van der Waals surface area contributed by atoms with Crippen molar-refractivity contribution in [3.8, 4) is 0 Å². The molecule has 0 saturated carbocycles. The Morgan fingerprint density at radius 2 is 2.00 bits per heavy atom. The fraction of sp³-hybridized carbons (Fsp3) is 0.412. The molecule has 134 valence electrons. The number of nitrogens with zero attached hydrogens (tertiary/aromatic N) is 3. The Labute approximate surface area is 145 Å². The number of amides is 1. The maximum absolute atomic E-state index is 12.5. The van der Waals surface area contributed by atoms with E-state index < -0.39 is 5.97 Å². The first-order chi connectivity index (χ1) is 11.8. The molecule has 1 N–H and O–H groups in total. The van der Waals surface area contributed by atoms with Crippen LogP contribution < -0.4 is 0 Å². The zero-order valence-corrected chi connectivity index (χ0v) is 14.6. The van der Waals surface area contributed by atoms with Crippen LogP contribution in [0, 0.1) is 6.92 Å². The maximum Gasteiger partial charge on any atom is 0.335 e. The van der Waals surface area contributed by atoms with Crippen molar-refractivity contribution >= 4 is 11.9 Å². The van der Waals surface area contributed by atoms with Gasteiger partial charge in [-0.1, -0.05) is 5.16 Å². The molecule has 1 amide bonds. The van der Waals surface area contributed by atoms with Gasteiger partial charge in [0, 0.05) is 19.2 Å². The lowest BCUT2D eigenvalue weighted by molar-refractivity contribution is 0.0681. The summed E-state index contributed by atoms with van der Waals surface area (Å²) in [5, 5.41) is 13.0. The molecular formula is C17H21N3O5. The molecule has 0 fully saturated rings. The van der Waals surface area contributed by atoms with Crippen LogP contribution in [0.15, 0.2) is 22.7 Å². The normalized spacial score (nSPS) is 12.0. The van der Waals surface area contributed by atoms with Crippen molar-refractivity contribution in [2.75, 3.05) is 13.7 Å². The lowest BCUT2D eigenvalue weighted by Gasteiger charge is -2.15. The van der Waals surface area contributed by atoms with E-state index in [1.807, 2.05) is 13.8 Å². The van der Waals surface area contributed by atoms with Gasteiger partial charge in [0.25, 0.3) is 5.91 Å². The molecule has 1 aromatic carbocycles. The molecule has 0 spiro atoms. The first kappa shape index (κ1) is 18.6. The van der Waals surface area contributed by atoms with Gasteiger partial charge in [-0.15, -0.1) is 0 Å². The van der Waals surface area contributed by atoms with Crippen LogP contribution in [-0.2, 0) is 11.3 Å². The Morgan fingerprint density at radius 1 is 1.32 bits per heavy atom. The van der Waals surface area contributed by atoms with Gasteiger partial charge in [-0.2, -0.15) is 4.98 Å². The predicted molar refractivity (Wildman–Crippen MR) is 88.3 cm³/mol. The zero-order valence-electron chi connectivity index (χ0n) is 14.6. The first-order valence-corrected chi connectivity index (χ1v) is 7.86. The van der Waals surface area contributed by atoms with E-state index in [1.165, 1.54) is 17.0 Å². The van der Waals surface area contributed by atoms with Crippen LogP contribution in [0.4, 0.5) is 0 Å². The second-order valence-corrected chi connectivity index (χ2v) is 5.70. The largest absolute Gasteiger partial charge is 0.478 e. The molecule has 0 aliphatic heterocycles. The molecule has 0 radical (unpaired) electrons. The number of rotatable bonds is 7. The van der Waals surface area contributed by atoms with Crippen LogP contribution in [0.5, 0.6) is 0 Å². The molecular weight excluding hydrogens is 326 g/mol. The quantitative estimate of drug-likeness (QED) is 0.820. The highest BCUT2D eigenvalue weighted by Gasteiger charge is 2.19. The van der Waals surface area contributed by atoms with Crippen molar-refractivity contribution in [3.63, 3.8) is 0 Å². The molecule has 0 aliphatic rings. The predicted octanol–water partition coefficient (Wildman–Crippen LogP) is 2.45. The van der Waals surface area contributed by atoms with Crippen molar-refractivity contribution in [2.45, 2.75) is 33.4 Å². The third-order valence-corrected chi connectivity index (χ3v) is 3.55. The third-order valence-electron chi connectivity index (χ3n) is 3.55. The number of ether oxygens (including phenoxy) is 1. The van der Waals surface area contributed by atoms with E-state index in [4.69, 9.17) is 14.4 Å². The SMILES string of the molecule is CCOC(C)c1noc(CN(C)C(=O)c2cc(C)cc(C(=O)O)c2)n1. The summed E-state index contributed by atoms with van der Waals surface area (Å²) in [6.45, 7) is 6.07. The molecule has 0 bridgehead atoms. The summed E-state index contributed by atoms with van der Waals surface area (Å²) in [4.78, 5) is 29.3. The van der Waals surface area contributed by atoms with Gasteiger partial charge < -0.3 is 19.3 Å². The van der Waals surface area contributed by atoms with Crippen LogP contribution in [0.25, 0.3) is 0 Å². The van der Waals surface area contributed by atoms with Crippen LogP contribution >= 0.6 is 0 Å². The number of aryl methyl sites for hydroxylation is 1. The molecule has 1 aromatic heterocycles. The van der Waals surface area contributed by atoms with Crippen molar-refractivity contribution < 1.29 is 24.0 Å². The Morgan fingerprint density at radius 3 is 2.64 bits per heavy atom. The van der Waals surface area contributed by atoms with Gasteiger partial charge in [0.1, 0.15) is 6.10 Å². The van der Waals surface area contributed by atoms with E-state index in [-0.39, 0.29) is 30.0 Å². The second-order valence-electron chi connectivity index (χ2n) is 5.70. The molecule has 1 atom stereocenters. The number of hydrogen-bond acceptors (Lipinski definition) is 6. The maximum atomic E-state index is 12.5. The van der Waals surface area contributed by atoms with Gasteiger partial charge in [-0.3, -0.25) is 4.79 Å². The molecule has 0 aliphatic carbocycles. The van der Waals surface area contributed by atoms with E-state index in [9.17, 15) is 9.59 Å². The monoisotopic (exact) mass is 347 g/mol. The molecule has 8 heteroatoms. The summed E-state index contributed by atoms with van der Waals surface area (Å²) in [5.41, 5.74) is 1.06. The Balaban J connectivity index is 2.12. The van der Waals surface area contributed by atoms with Crippen LogP contribution in [-0.4, -0.2) is 45.7 Å². The molecule has 2 rings (SSSR count). The smallest absolute Gasteiger partial charge is 0.335 e. The number of carbonyl (C=O) groups is 2. The summed E-state index contributed by atoms with van der Waals surface area (Å²) in [7, 11) is 1.58. The van der Waals surface area contributed by atoms with E-state index in [1.54, 1.807) is 20.0 Å². The minimum atomic E-state index is -1.08. The van der Waals surface area contributed by atoms with Gasteiger partial charge in [0.2, 0.25) is 5.89 Å². The summed E-state index contributed by atoms with van der Waals surface area (Å²) in [6.07, 6.45) is -0.293. The number of carbonyl (C=O) groups excluding carboxylic acids is 1. The first-order valence-electron chi connectivity index (χ1n) is 7.86. The molecule has 0 saturated heterocycles. The fourth-order valence-corrected chi connectivity index (χ4v) is 2.35. The van der Waals surface area contributed by atoms with Gasteiger partial charge in [-0.25, -0.2) is 4.79 Å². The summed E-state index contributed by atoms with van der Waals surface area (Å²) >= 11 is 0. The average Bonchev–Trinajstić information content (AvgIpc) is 3.02. The Hall–Kier alpha value is -2.74. The topological polar surface area (TPSA) is 106 Å². The van der Waals surface area contributed by atoms with Crippen LogP contribution in [0.3, 0.4) is 0 Å². The lowest BCUT2D eigenvalue weighted by atomic mass is 10.1. The van der Waals surface area contributed by atoms with Crippen LogP contribution in [0.2, 0.25) is 0 Å². The number of aromatic carboxylic acids is 1. The molecule has 25 heavy (non-hydrogen) atoms. The number of hydrogen-bond donors (Lipinski definition) is 1. The van der Waals surface area contributed by atoms with Crippen molar-refractivity contribution in [2.24, 2.45) is 0 Å². The minimum absolute atomic E-state index is 0.0716. The Kier molecular flexibility index (Phi) is 5.87. The number of carboxylic acids is 1. The van der Waals surface area contributed by atoms with Gasteiger partial charge in [0.15, 0.2) is 5.82 Å². The molecule has 2 aromatic rings. The van der Waals surface area contributed by atoms with E-state index in [2.05, 4.69) is 10.1 Å². The van der Waals surface area contributed by atoms with Crippen molar-refractivity contribution in [1.82, 2.24) is 15.0 Å². The van der Waals surface area contributed by atoms with Crippen LogP contribution in [0.1, 0.15) is 57.9 Å². The van der Waals surface area contributed by atoms with Crippen molar-refractivity contribution in [1.29, 1.82) is 0 Å². The van der Waals surface area contributed by atoms with Gasteiger partial charge in [-0.05, 0) is 44.5 Å². The second kappa shape index (κ2) is 7.89. The summed E-state index contributed by atoms with van der Waals surface area (Å²) in [5.74, 6) is -0.708. The number of benzene rings is 1. The minimum Gasteiger partial charge on any atom is -0.478 e. The summed E-state index contributed by atoms with van der Waals surface area (Å²) in [6, 6.07) is 4.50. The third kappa shape index (κ3) is 4.63.